The normalized spacial score (nSPS) is 35.3. The SMILES string of the molecule is CCCC(NCC)C1CCC2CCCCC2C1. The lowest BCUT2D eigenvalue weighted by molar-refractivity contribution is 0.107. The van der Waals surface area contributed by atoms with Gasteiger partial charge < -0.3 is 5.32 Å². The molecule has 0 saturated heterocycles. The fourth-order valence-corrected chi connectivity index (χ4v) is 4.35. The average molecular weight is 237 g/mol. The molecule has 2 saturated carbocycles. The van der Waals surface area contributed by atoms with E-state index in [1.165, 1.54) is 57.8 Å². The number of hydrogen-bond donors (Lipinski definition) is 1. The van der Waals surface area contributed by atoms with Crippen LogP contribution in [0.3, 0.4) is 0 Å². The molecule has 0 aromatic carbocycles. The lowest BCUT2D eigenvalue weighted by Crippen LogP contribution is -2.40. The van der Waals surface area contributed by atoms with E-state index in [1.807, 2.05) is 0 Å². The maximum atomic E-state index is 3.75. The minimum Gasteiger partial charge on any atom is -0.314 e. The quantitative estimate of drug-likeness (QED) is 0.748. The zero-order valence-electron chi connectivity index (χ0n) is 11.9. The first-order valence-corrected chi connectivity index (χ1v) is 8.08. The third kappa shape index (κ3) is 3.47. The second-order valence-electron chi connectivity index (χ2n) is 6.33. The molecule has 1 N–H and O–H groups in total. The molecule has 0 radical (unpaired) electrons. The Labute approximate surface area is 108 Å². The lowest BCUT2D eigenvalue weighted by Gasteiger charge is -2.42. The van der Waals surface area contributed by atoms with Crippen molar-refractivity contribution in [3.63, 3.8) is 0 Å². The fourth-order valence-electron chi connectivity index (χ4n) is 4.35. The molecule has 2 fully saturated rings. The number of nitrogens with one attached hydrogen (secondary N) is 1. The highest BCUT2D eigenvalue weighted by Gasteiger charge is 2.34. The standard InChI is InChI=1S/C16H31N/c1-3-7-16(17-4-2)15-11-10-13-8-5-6-9-14(13)12-15/h13-17H,3-12H2,1-2H3. The summed E-state index contributed by atoms with van der Waals surface area (Å²) in [4.78, 5) is 0. The van der Waals surface area contributed by atoms with E-state index in [1.54, 1.807) is 0 Å². The molecule has 1 heteroatoms. The monoisotopic (exact) mass is 237 g/mol. The third-order valence-electron chi connectivity index (χ3n) is 5.22. The van der Waals surface area contributed by atoms with Crippen LogP contribution in [0.25, 0.3) is 0 Å². The average Bonchev–Trinajstić information content (AvgIpc) is 2.38. The van der Waals surface area contributed by atoms with Gasteiger partial charge in [-0.05, 0) is 50.0 Å². The van der Waals surface area contributed by atoms with E-state index < -0.39 is 0 Å². The predicted octanol–water partition coefficient (Wildman–Crippen LogP) is 4.37. The maximum absolute atomic E-state index is 3.75. The highest BCUT2D eigenvalue weighted by Crippen LogP contribution is 2.43. The Morgan fingerprint density at radius 3 is 2.47 bits per heavy atom. The molecular formula is C16H31N. The largest absolute Gasteiger partial charge is 0.314 e. The van der Waals surface area contributed by atoms with Crippen LogP contribution >= 0.6 is 0 Å². The molecule has 0 aliphatic heterocycles. The van der Waals surface area contributed by atoms with Crippen LogP contribution in [0.1, 0.15) is 71.6 Å². The van der Waals surface area contributed by atoms with Crippen LogP contribution in [0.15, 0.2) is 0 Å². The van der Waals surface area contributed by atoms with Crippen LogP contribution in [0.2, 0.25) is 0 Å². The highest BCUT2D eigenvalue weighted by molar-refractivity contribution is 4.87. The van der Waals surface area contributed by atoms with Gasteiger partial charge in [0, 0.05) is 6.04 Å². The molecule has 0 spiro atoms. The summed E-state index contributed by atoms with van der Waals surface area (Å²) in [5.41, 5.74) is 0. The Morgan fingerprint density at radius 1 is 1.00 bits per heavy atom. The van der Waals surface area contributed by atoms with E-state index in [2.05, 4.69) is 19.2 Å². The molecule has 0 bridgehead atoms. The molecule has 100 valence electrons. The van der Waals surface area contributed by atoms with E-state index in [4.69, 9.17) is 0 Å². The minimum absolute atomic E-state index is 0.813. The van der Waals surface area contributed by atoms with Crippen LogP contribution in [0, 0.1) is 17.8 Å². The lowest BCUT2D eigenvalue weighted by atomic mass is 9.66. The van der Waals surface area contributed by atoms with E-state index >= 15 is 0 Å². The second kappa shape index (κ2) is 6.78. The molecule has 0 heterocycles. The number of hydrogen-bond acceptors (Lipinski definition) is 1. The van der Waals surface area contributed by atoms with Crippen LogP contribution < -0.4 is 5.32 Å². The topological polar surface area (TPSA) is 12.0 Å². The zero-order valence-corrected chi connectivity index (χ0v) is 11.9. The van der Waals surface area contributed by atoms with Crippen molar-refractivity contribution >= 4 is 0 Å². The Bertz CT molecular complexity index is 208. The van der Waals surface area contributed by atoms with Gasteiger partial charge >= 0.3 is 0 Å². The van der Waals surface area contributed by atoms with Gasteiger partial charge in [-0.1, -0.05) is 46.0 Å². The third-order valence-corrected chi connectivity index (χ3v) is 5.22. The second-order valence-corrected chi connectivity index (χ2v) is 6.33. The van der Waals surface area contributed by atoms with Crippen LogP contribution in [0.4, 0.5) is 0 Å². The van der Waals surface area contributed by atoms with Gasteiger partial charge in [0.15, 0.2) is 0 Å². The Hall–Kier alpha value is -0.0400. The number of rotatable bonds is 5. The first-order chi connectivity index (χ1) is 8.35. The van der Waals surface area contributed by atoms with Crippen LogP contribution in [0.5, 0.6) is 0 Å². The Kier molecular flexibility index (Phi) is 5.34. The highest BCUT2D eigenvalue weighted by atomic mass is 14.9. The summed E-state index contributed by atoms with van der Waals surface area (Å²) >= 11 is 0. The van der Waals surface area contributed by atoms with E-state index in [9.17, 15) is 0 Å². The molecule has 2 aliphatic carbocycles. The van der Waals surface area contributed by atoms with Gasteiger partial charge in [-0.3, -0.25) is 0 Å². The Balaban J connectivity index is 1.88. The van der Waals surface area contributed by atoms with E-state index in [0.717, 1.165) is 30.3 Å². The molecule has 4 atom stereocenters. The summed E-state index contributed by atoms with van der Waals surface area (Å²) < 4.78 is 0. The van der Waals surface area contributed by atoms with Gasteiger partial charge in [0.2, 0.25) is 0 Å². The fraction of sp³-hybridized carbons (Fsp3) is 1.00. The first kappa shape index (κ1) is 13.4. The van der Waals surface area contributed by atoms with Crippen molar-refractivity contribution in [1.82, 2.24) is 5.32 Å². The van der Waals surface area contributed by atoms with Crippen molar-refractivity contribution in [2.45, 2.75) is 77.7 Å². The maximum Gasteiger partial charge on any atom is 0.00952 e. The van der Waals surface area contributed by atoms with Crippen molar-refractivity contribution < 1.29 is 0 Å². The molecular weight excluding hydrogens is 206 g/mol. The van der Waals surface area contributed by atoms with Crippen molar-refractivity contribution in [3.05, 3.63) is 0 Å². The summed E-state index contributed by atoms with van der Waals surface area (Å²) in [7, 11) is 0. The molecule has 0 amide bonds. The number of fused-ring (bicyclic) bond motifs is 1. The van der Waals surface area contributed by atoms with Crippen LogP contribution in [-0.2, 0) is 0 Å². The summed E-state index contributed by atoms with van der Waals surface area (Å²) in [6.45, 7) is 5.74. The molecule has 0 aromatic rings. The molecule has 2 aliphatic rings. The smallest absolute Gasteiger partial charge is 0.00952 e. The van der Waals surface area contributed by atoms with Gasteiger partial charge in [-0.15, -0.1) is 0 Å². The van der Waals surface area contributed by atoms with Crippen molar-refractivity contribution in [3.8, 4) is 0 Å². The Morgan fingerprint density at radius 2 is 1.76 bits per heavy atom. The van der Waals surface area contributed by atoms with Crippen molar-refractivity contribution in [1.29, 1.82) is 0 Å². The van der Waals surface area contributed by atoms with Gasteiger partial charge in [-0.2, -0.15) is 0 Å². The molecule has 17 heavy (non-hydrogen) atoms. The van der Waals surface area contributed by atoms with Gasteiger partial charge in [-0.25, -0.2) is 0 Å². The minimum atomic E-state index is 0.813. The predicted molar refractivity (Wildman–Crippen MR) is 75.2 cm³/mol. The van der Waals surface area contributed by atoms with Crippen molar-refractivity contribution in [2.75, 3.05) is 6.54 Å². The molecule has 2 rings (SSSR count). The molecule has 4 unspecified atom stereocenters. The molecule has 1 nitrogen and oxygen atoms in total. The van der Waals surface area contributed by atoms with E-state index in [-0.39, 0.29) is 0 Å². The van der Waals surface area contributed by atoms with Gasteiger partial charge in [0.1, 0.15) is 0 Å². The summed E-state index contributed by atoms with van der Waals surface area (Å²) in [6.07, 6.45) is 13.4. The van der Waals surface area contributed by atoms with Gasteiger partial charge in [0.25, 0.3) is 0 Å². The van der Waals surface area contributed by atoms with E-state index in [0.29, 0.717) is 0 Å². The van der Waals surface area contributed by atoms with Gasteiger partial charge in [0.05, 0.1) is 0 Å². The first-order valence-electron chi connectivity index (χ1n) is 8.08. The zero-order chi connectivity index (χ0) is 12.1. The summed E-state index contributed by atoms with van der Waals surface area (Å²) in [5, 5.41) is 3.75. The van der Waals surface area contributed by atoms with Crippen LogP contribution in [-0.4, -0.2) is 12.6 Å². The van der Waals surface area contributed by atoms with Crippen molar-refractivity contribution in [2.24, 2.45) is 17.8 Å². The molecule has 0 aromatic heterocycles. The summed E-state index contributed by atoms with van der Waals surface area (Å²) in [6, 6.07) is 0.813. The summed E-state index contributed by atoms with van der Waals surface area (Å²) in [5.74, 6) is 3.17.